The lowest BCUT2D eigenvalue weighted by atomic mass is 10.1. The Labute approximate surface area is 112 Å². The number of aryl methyl sites for hydroxylation is 1. The van der Waals surface area contributed by atoms with Gasteiger partial charge in [-0.25, -0.2) is 0 Å². The van der Waals surface area contributed by atoms with Crippen molar-refractivity contribution in [1.29, 1.82) is 0 Å². The molecular formula is C13H20N4O2. The Kier molecular flexibility index (Phi) is 4.70. The molecule has 0 aromatic carbocycles. The molecule has 2 rings (SSSR count). The van der Waals surface area contributed by atoms with E-state index in [1.807, 2.05) is 6.92 Å². The summed E-state index contributed by atoms with van der Waals surface area (Å²) >= 11 is 0. The molecule has 1 atom stereocenters. The van der Waals surface area contributed by atoms with E-state index in [1.165, 1.54) is 6.20 Å². The third-order valence-electron chi connectivity index (χ3n) is 3.22. The Morgan fingerprint density at radius 1 is 1.63 bits per heavy atom. The Bertz CT molecular complexity index is 444. The maximum absolute atomic E-state index is 12.0. The van der Waals surface area contributed by atoms with Crippen LogP contribution in [0.4, 0.5) is 5.69 Å². The van der Waals surface area contributed by atoms with Crippen molar-refractivity contribution in [2.24, 2.45) is 5.84 Å². The standard InChI is InChI=1S/C13H20N4O2/c1-9-7-12(17-14)11(8-16-9)13(18)15-5-4-10-3-2-6-19-10/h7-8,10H,2-6,14H2,1H3,(H,15,18)(H,16,17). The fourth-order valence-electron chi connectivity index (χ4n) is 2.17. The number of carbonyl (C=O) groups excluding carboxylic acids is 1. The Morgan fingerprint density at radius 3 is 3.16 bits per heavy atom. The number of nitrogens with zero attached hydrogens (tertiary/aromatic N) is 1. The van der Waals surface area contributed by atoms with Crippen LogP contribution in [0.15, 0.2) is 12.3 Å². The highest BCUT2D eigenvalue weighted by atomic mass is 16.5. The van der Waals surface area contributed by atoms with E-state index in [-0.39, 0.29) is 12.0 Å². The van der Waals surface area contributed by atoms with Crippen LogP contribution in [0.25, 0.3) is 0 Å². The molecule has 6 heteroatoms. The Hall–Kier alpha value is -1.66. The van der Waals surface area contributed by atoms with E-state index in [0.29, 0.717) is 17.8 Å². The zero-order chi connectivity index (χ0) is 13.7. The molecule has 6 nitrogen and oxygen atoms in total. The molecule has 19 heavy (non-hydrogen) atoms. The topological polar surface area (TPSA) is 89.3 Å². The van der Waals surface area contributed by atoms with Crippen LogP contribution in [0.2, 0.25) is 0 Å². The van der Waals surface area contributed by atoms with Crippen molar-refractivity contribution in [1.82, 2.24) is 10.3 Å². The van der Waals surface area contributed by atoms with Gasteiger partial charge in [0.05, 0.1) is 17.4 Å². The second-order valence-corrected chi connectivity index (χ2v) is 4.70. The SMILES string of the molecule is Cc1cc(NN)c(C(=O)NCCC2CCCO2)cn1. The van der Waals surface area contributed by atoms with Crippen LogP contribution in [0, 0.1) is 6.92 Å². The summed E-state index contributed by atoms with van der Waals surface area (Å²) in [5.74, 6) is 5.24. The van der Waals surface area contributed by atoms with Gasteiger partial charge in [-0.05, 0) is 32.3 Å². The van der Waals surface area contributed by atoms with E-state index in [0.717, 1.165) is 31.6 Å². The number of nitrogens with one attached hydrogen (secondary N) is 2. The van der Waals surface area contributed by atoms with Crippen molar-refractivity contribution in [3.8, 4) is 0 Å². The maximum atomic E-state index is 12.0. The van der Waals surface area contributed by atoms with E-state index in [4.69, 9.17) is 10.6 Å². The van der Waals surface area contributed by atoms with Gasteiger partial charge in [-0.3, -0.25) is 15.6 Å². The van der Waals surface area contributed by atoms with Gasteiger partial charge in [-0.2, -0.15) is 0 Å². The number of pyridine rings is 1. The van der Waals surface area contributed by atoms with E-state index < -0.39 is 0 Å². The van der Waals surface area contributed by atoms with Crippen molar-refractivity contribution in [3.05, 3.63) is 23.5 Å². The van der Waals surface area contributed by atoms with Gasteiger partial charge in [0.2, 0.25) is 0 Å². The fourth-order valence-corrected chi connectivity index (χ4v) is 2.17. The predicted molar refractivity (Wildman–Crippen MR) is 72.7 cm³/mol. The van der Waals surface area contributed by atoms with Crippen molar-refractivity contribution in [3.63, 3.8) is 0 Å². The van der Waals surface area contributed by atoms with Gasteiger partial charge in [-0.1, -0.05) is 0 Å². The smallest absolute Gasteiger partial charge is 0.255 e. The first-order valence-electron chi connectivity index (χ1n) is 6.54. The van der Waals surface area contributed by atoms with Gasteiger partial charge in [0.15, 0.2) is 0 Å². The first kappa shape index (κ1) is 13.8. The Balaban J connectivity index is 1.88. The summed E-state index contributed by atoms with van der Waals surface area (Å²) in [5.41, 5.74) is 4.38. The first-order chi connectivity index (χ1) is 9.20. The maximum Gasteiger partial charge on any atom is 0.255 e. The van der Waals surface area contributed by atoms with Crippen LogP contribution < -0.4 is 16.6 Å². The van der Waals surface area contributed by atoms with Crippen molar-refractivity contribution < 1.29 is 9.53 Å². The number of ether oxygens (including phenoxy) is 1. The summed E-state index contributed by atoms with van der Waals surface area (Å²) < 4.78 is 5.51. The molecule has 0 spiro atoms. The van der Waals surface area contributed by atoms with Gasteiger partial charge >= 0.3 is 0 Å². The molecule has 1 aliphatic heterocycles. The van der Waals surface area contributed by atoms with Gasteiger partial charge in [0, 0.05) is 25.0 Å². The predicted octanol–water partition coefficient (Wildman–Crippen LogP) is 0.975. The van der Waals surface area contributed by atoms with Gasteiger partial charge in [0.25, 0.3) is 5.91 Å². The number of amides is 1. The molecule has 1 amide bonds. The summed E-state index contributed by atoms with van der Waals surface area (Å²) in [4.78, 5) is 16.1. The summed E-state index contributed by atoms with van der Waals surface area (Å²) in [7, 11) is 0. The van der Waals surface area contributed by atoms with E-state index in [2.05, 4.69) is 15.7 Å². The third-order valence-corrected chi connectivity index (χ3v) is 3.22. The van der Waals surface area contributed by atoms with Crippen molar-refractivity contribution in [2.75, 3.05) is 18.6 Å². The molecule has 104 valence electrons. The fraction of sp³-hybridized carbons (Fsp3) is 0.538. The van der Waals surface area contributed by atoms with Crippen LogP contribution in [0.1, 0.15) is 35.3 Å². The minimum atomic E-state index is -0.168. The van der Waals surface area contributed by atoms with Crippen LogP contribution in [-0.4, -0.2) is 30.1 Å². The van der Waals surface area contributed by atoms with E-state index in [1.54, 1.807) is 6.07 Å². The number of rotatable bonds is 5. The zero-order valence-electron chi connectivity index (χ0n) is 11.1. The minimum Gasteiger partial charge on any atom is -0.378 e. The highest BCUT2D eigenvalue weighted by molar-refractivity contribution is 5.99. The summed E-state index contributed by atoms with van der Waals surface area (Å²) in [6.45, 7) is 3.28. The van der Waals surface area contributed by atoms with Crippen LogP contribution in [0.5, 0.6) is 0 Å². The number of anilines is 1. The number of nitrogens with two attached hydrogens (primary N) is 1. The van der Waals surface area contributed by atoms with Gasteiger partial charge in [0.1, 0.15) is 0 Å². The number of nitrogen functional groups attached to an aromatic ring is 1. The average molecular weight is 264 g/mol. The lowest BCUT2D eigenvalue weighted by Crippen LogP contribution is -2.28. The summed E-state index contributed by atoms with van der Waals surface area (Å²) in [5, 5.41) is 2.87. The van der Waals surface area contributed by atoms with E-state index >= 15 is 0 Å². The minimum absolute atomic E-state index is 0.168. The molecule has 0 saturated carbocycles. The molecular weight excluding hydrogens is 244 g/mol. The zero-order valence-corrected chi connectivity index (χ0v) is 11.1. The lowest BCUT2D eigenvalue weighted by molar-refractivity contribution is 0.0907. The summed E-state index contributed by atoms with van der Waals surface area (Å²) in [6.07, 6.45) is 4.85. The van der Waals surface area contributed by atoms with E-state index in [9.17, 15) is 4.79 Å². The molecule has 0 radical (unpaired) electrons. The molecule has 0 bridgehead atoms. The quantitative estimate of drug-likeness (QED) is 0.545. The van der Waals surface area contributed by atoms with Crippen LogP contribution in [-0.2, 0) is 4.74 Å². The van der Waals surface area contributed by atoms with Gasteiger partial charge < -0.3 is 15.5 Å². The second kappa shape index (κ2) is 6.49. The molecule has 0 aliphatic carbocycles. The number of carbonyl (C=O) groups is 1. The second-order valence-electron chi connectivity index (χ2n) is 4.70. The Morgan fingerprint density at radius 2 is 2.47 bits per heavy atom. The first-order valence-corrected chi connectivity index (χ1v) is 6.54. The lowest BCUT2D eigenvalue weighted by Gasteiger charge is -2.12. The molecule has 1 fully saturated rings. The molecule has 1 aliphatic rings. The number of aromatic nitrogens is 1. The number of hydrogen-bond donors (Lipinski definition) is 3. The monoisotopic (exact) mass is 264 g/mol. The third kappa shape index (κ3) is 3.65. The number of hydrazine groups is 1. The normalized spacial score (nSPS) is 18.3. The molecule has 1 aromatic heterocycles. The van der Waals surface area contributed by atoms with Crippen LogP contribution >= 0.6 is 0 Å². The molecule has 2 heterocycles. The molecule has 1 unspecified atom stereocenters. The van der Waals surface area contributed by atoms with Gasteiger partial charge in [-0.15, -0.1) is 0 Å². The molecule has 4 N–H and O–H groups in total. The highest BCUT2D eigenvalue weighted by Gasteiger charge is 2.16. The molecule has 1 aromatic rings. The largest absolute Gasteiger partial charge is 0.378 e. The van der Waals surface area contributed by atoms with Crippen molar-refractivity contribution >= 4 is 11.6 Å². The number of hydrogen-bond acceptors (Lipinski definition) is 5. The summed E-state index contributed by atoms with van der Waals surface area (Å²) in [6, 6.07) is 1.75. The van der Waals surface area contributed by atoms with Crippen molar-refractivity contribution in [2.45, 2.75) is 32.3 Å². The highest BCUT2D eigenvalue weighted by Crippen LogP contribution is 2.16. The molecule has 1 saturated heterocycles. The average Bonchev–Trinajstić information content (AvgIpc) is 2.91. The van der Waals surface area contributed by atoms with Crippen LogP contribution in [0.3, 0.4) is 0 Å².